The maximum absolute atomic E-state index is 11.8. The third kappa shape index (κ3) is 3.67. The molecule has 1 aliphatic rings. The summed E-state index contributed by atoms with van der Waals surface area (Å²) in [6, 6.07) is -1.17. The fourth-order valence-corrected chi connectivity index (χ4v) is 1.59. The molecule has 0 spiro atoms. The number of cyclic esters (lactones) is 1. The molecule has 4 unspecified atom stereocenters. The number of amides is 1. The summed E-state index contributed by atoms with van der Waals surface area (Å²) in [6.45, 7) is 3.84. The molecule has 0 aromatic rings. The Morgan fingerprint density at radius 1 is 1.71 bits per heavy atom. The SMILES string of the molecule is CCC(C)C(N)C(=O)NC1COC(=O)CC1O. The molecule has 1 heterocycles. The van der Waals surface area contributed by atoms with Crippen molar-refractivity contribution < 1.29 is 19.4 Å². The number of hydrogen-bond acceptors (Lipinski definition) is 5. The van der Waals surface area contributed by atoms with Crippen LogP contribution in [0.5, 0.6) is 0 Å². The van der Waals surface area contributed by atoms with Gasteiger partial charge in [-0.25, -0.2) is 0 Å². The molecule has 98 valence electrons. The van der Waals surface area contributed by atoms with Crippen LogP contribution in [0.2, 0.25) is 0 Å². The monoisotopic (exact) mass is 244 g/mol. The average molecular weight is 244 g/mol. The molecular formula is C11H20N2O4. The number of nitrogens with one attached hydrogen (secondary N) is 1. The van der Waals surface area contributed by atoms with Gasteiger partial charge in [-0.05, 0) is 5.92 Å². The molecular weight excluding hydrogens is 224 g/mol. The van der Waals surface area contributed by atoms with E-state index in [9.17, 15) is 14.7 Å². The van der Waals surface area contributed by atoms with Gasteiger partial charge in [0.15, 0.2) is 0 Å². The van der Waals surface area contributed by atoms with E-state index in [4.69, 9.17) is 10.5 Å². The van der Waals surface area contributed by atoms with E-state index in [0.29, 0.717) is 0 Å². The van der Waals surface area contributed by atoms with Crippen LogP contribution < -0.4 is 11.1 Å². The second-order valence-electron chi connectivity index (χ2n) is 4.48. The standard InChI is InChI=1S/C11H20N2O4/c1-3-6(2)10(12)11(16)13-7-5-17-9(15)4-8(7)14/h6-8,10,14H,3-5,12H2,1-2H3,(H,13,16). The van der Waals surface area contributed by atoms with Gasteiger partial charge in [0, 0.05) is 0 Å². The number of rotatable bonds is 4. The molecule has 0 saturated carbocycles. The van der Waals surface area contributed by atoms with E-state index in [1.807, 2.05) is 13.8 Å². The maximum Gasteiger partial charge on any atom is 0.308 e. The Bertz CT molecular complexity index is 295. The number of aliphatic hydroxyl groups is 1. The zero-order chi connectivity index (χ0) is 13.0. The van der Waals surface area contributed by atoms with E-state index in [-0.39, 0.29) is 24.9 Å². The van der Waals surface area contributed by atoms with E-state index >= 15 is 0 Å². The van der Waals surface area contributed by atoms with Gasteiger partial charge in [-0.3, -0.25) is 9.59 Å². The number of carbonyl (C=O) groups excluding carboxylic acids is 2. The molecule has 4 N–H and O–H groups in total. The van der Waals surface area contributed by atoms with Crippen molar-refractivity contribution in [1.82, 2.24) is 5.32 Å². The zero-order valence-electron chi connectivity index (χ0n) is 10.2. The van der Waals surface area contributed by atoms with Gasteiger partial charge in [-0.15, -0.1) is 0 Å². The lowest BCUT2D eigenvalue weighted by Gasteiger charge is -2.29. The maximum atomic E-state index is 11.8. The number of aliphatic hydroxyl groups excluding tert-OH is 1. The first-order valence-corrected chi connectivity index (χ1v) is 5.85. The van der Waals surface area contributed by atoms with Crippen LogP contribution in [0.15, 0.2) is 0 Å². The summed E-state index contributed by atoms with van der Waals surface area (Å²) < 4.78 is 4.77. The van der Waals surface area contributed by atoms with Crippen molar-refractivity contribution in [1.29, 1.82) is 0 Å². The van der Waals surface area contributed by atoms with Crippen molar-refractivity contribution in [2.45, 2.75) is 44.9 Å². The average Bonchev–Trinajstić information content (AvgIpc) is 2.30. The summed E-state index contributed by atoms with van der Waals surface area (Å²) in [7, 11) is 0. The molecule has 4 atom stereocenters. The fourth-order valence-electron chi connectivity index (χ4n) is 1.59. The topological polar surface area (TPSA) is 102 Å². The van der Waals surface area contributed by atoms with E-state index in [1.54, 1.807) is 0 Å². The van der Waals surface area contributed by atoms with Gasteiger partial charge in [0.25, 0.3) is 0 Å². The second-order valence-corrected chi connectivity index (χ2v) is 4.48. The van der Waals surface area contributed by atoms with Crippen molar-refractivity contribution >= 4 is 11.9 Å². The highest BCUT2D eigenvalue weighted by molar-refractivity contribution is 5.82. The lowest BCUT2D eigenvalue weighted by atomic mass is 9.98. The van der Waals surface area contributed by atoms with Crippen LogP contribution in [-0.4, -0.2) is 41.8 Å². The van der Waals surface area contributed by atoms with Gasteiger partial charge in [0.2, 0.25) is 5.91 Å². The van der Waals surface area contributed by atoms with Gasteiger partial charge in [-0.2, -0.15) is 0 Å². The molecule has 1 rings (SSSR count). The van der Waals surface area contributed by atoms with Gasteiger partial charge in [0.1, 0.15) is 6.61 Å². The molecule has 6 nitrogen and oxygen atoms in total. The van der Waals surface area contributed by atoms with Crippen LogP contribution in [0.4, 0.5) is 0 Å². The highest BCUT2D eigenvalue weighted by atomic mass is 16.5. The van der Waals surface area contributed by atoms with Crippen molar-refractivity contribution in [3.05, 3.63) is 0 Å². The molecule has 1 aliphatic heterocycles. The number of nitrogens with two attached hydrogens (primary N) is 1. The van der Waals surface area contributed by atoms with Crippen LogP contribution in [-0.2, 0) is 14.3 Å². The Morgan fingerprint density at radius 2 is 2.35 bits per heavy atom. The van der Waals surface area contributed by atoms with E-state index in [2.05, 4.69) is 5.32 Å². The minimum Gasteiger partial charge on any atom is -0.463 e. The Hall–Kier alpha value is -1.14. The zero-order valence-corrected chi connectivity index (χ0v) is 10.2. The molecule has 0 aromatic carbocycles. The Kier molecular flexibility index (Phi) is 4.89. The number of hydrogen-bond donors (Lipinski definition) is 3. The third-order valence-corrected chi connectivity index (χ3v) is 3.15. The quantitative estimate of drug-likeness (QED) is 0.559. The molecule has 1 fully saturated rings. The summed E-state index contributed by atoms with van der Waals surface area (Å²) in [5.41, 5.74) is 5.76. The Morgan fingerprint density at radius 3 is 2.88 bits per heavy atom. The van der Waals surface area contributed by atoms with Gasteiger partial charge >= 0.3 is 5.97 Å². The van der Waals surface area contributed by atoms with Crippen molar-refractivity contribution in [2.75, 3.05) is 6.61 Å². The summed E-state index contributed by atoms with van der Waals surface area (Å²) in [5.74, 6) is -0.700. The minimum atomic E-state index is -0.899. The normalized spacial score (nSPS) is 28.1. The van der Waals surface area contributed by atoms with Gasteiger partial charge in [-0.1, -0.05) is 20.3 Å². The van der Waals surface area contributed by atoms with Crippen LogP contribution >= 0.6 is 0 Å². The largest absolute Gasteiger partial charge is 0.463 e. The van der Waals surface area contributed by atoms with Crippen LogP contribution in [0, 0.1) is 5.92 Å². The lowest BCUT2D eigenvalue weighted by molar-refractivity contribution is -0.155. The summed E-state index contributed by atoms with van der Waals surface area (Å²) in [6.07, 6.45) is -0.190. The summed E-state index contributed by atoms with van der Waals surface area (Å²) in [5, 5.41) is 12.2. The Labute approximate surface area is 101 Å². The minimum absolute atomic E-state index is 0.00103. The molecule has 0 bridgehead atoms. The smallest absolute Gasteiger partial charge is 0.308 e. The first-order chi connectivity index (χ1) is 7.95. The van der Waals surface area contributed by atoms with Gasteiger partial charge in [0.05, 0.1) is 24.6 Å². The number of carbonyl (C=O) groups is 2. The van der Waals surface area contributed by atoms with Crippen LogP contribution in [0.1, 0.15) is 26.7 Å². The number of esters is 1. The highest BCUT2D eigenvalue weighted by Gasteiger charge is 2.32. The van der Waals surface area contributed by atoms with E-state index in [0.717, 1.165) is 6.42 Å². The summed E-state index contributed by atoms with van der Waals surface area (Å²) in [4.78, 5) is 22.6. The first kappa shape index (κ1) is 13.9. The fraction of sp³-hybridized carbons (Fsp3) is 0.818. The van der Waals surface area contributed by atoms with Crippen molar-refractivity contribution in [2.24, 2.45) is 11.7 Å². The molecule has 1 saturated heterocycles. The predicted molar refractivity (Wildman–Crippen MR) is 60.9 cm³/mol. The Balaban J connectivity index is 2.48. The summed E-state index contributed by atoms with van der Waals surface area (Å²) >= 11 is 0. The van der Waals surface area contributed by atoms with E-state index in [1.165, 1.54) is 0 Å². The highest BCUT2D eigenvalue weighted by Crippen LogP contribution is 2.10. The third-order valence-electron chi connectivity index (χ3n) is 3.15. The van der Waals surface area contributed by atoms with Gasteiger partial charge < -0.3 is 20.9 Å². The van der Waals surface area contributed by atoms with Crippen LogP contribution in [0.25, 0.3) is 0 Å². The lowest BCUT2D eigenvalue weighted by Crippen LogP contribution is -2.55. The van der Waals surface area contributed by atoms with Crippen LogP contribution in [0.3, 0.4) is 0 Å². The second kappa shape index (κ2) is 5.97. The number of ether oxygens (including phenoxy) is 1. The molecule has 0 radical (unpaired) electrons. The molecule has 1 amide bonds. The molecule has 0 aliphatic carbocycles. The predicted octanol–water partition coefficient (Wildman–Crippen LogP) is -0.848. The molecule has 6 heteroatoms. The van der Waals surface area contributed by atoms with E-state index < -0.39 is 24.2 Å². The first-order valence-electron chi connectivity index (χ1n) is 5.85. The van der Waals surface area contributed by atoms with Crippen molar-refractivity contribution in [3.8, 4) is 0 Å². The van der Waals surface area contributed by atoms with Crippen molar-refractivity contribution in [3.63, 3.8) is 0 Å². The molecule has 0 aromatic heterocycles. The molecule has 17 heavy (non-hydrogen) atoms.